The molecule has 2 saturated heterocycles. The van der Waals surface area contributed by atoms with E-state index in [2.05, 4.69) is 0 Å². The highest BCUT2D eigenvalue weighted by molar-refractivity contribution is 5.87. The van der Waals surface area contributed by atoms with Crippen LogP contribution in [0.3, 0.4) is 0 Å². The normalized spacial score (nSPS) is 25.6. The van der Waals surface area contributed by atoms with Crippen molar-refractivity contribution in [3.63, 3.8) is 0 Å². The van der Waals surface area contributed by atoms with Crippen LogP contribution in [-0.4, -0.2) is 54.9 Å². The van der Waals surface area contributed by atoms with Gasteiger partial charge in [0.25, 0.3) is 0 Å². The summed E-state index contributed by atoms with van der Waals surface area (Å²) in [5.74, 6) is -0.465. The molecule has 124 valence electrons. The molecule has 0 aliphatic carbocycles. The molecule has 2 aliphatic heterocycles. The van der Waals surface area contributed by atoms with E-state index in [4.69, 9.17) is 4.74 Å². The molecule has 3 rings (SSSR count). The Labute approximate surface area is 135 Å². The zero-order chi connectivity index (χ0) is 16.4. The molecule has 5 nitrogen and oxygen atoms in total. The summed E-state index contributed by atoms with van der Waals surface area (Å²) in [7, 11) is 1.77. The lowest BCUT2D eigenvalue weighted by molar-refractivity contribution is -0.149. The predicted molar refractivity (Wildman–Crippen MR) is 82.0 cm³/mol. The van der Waals surface area contributed by atoms with Gasteiger partial charge in [0.1, 0.15) is 11.9 Å². The van der Waals surface area contributed by atoms with Crippen LogP contribution in [0.1, 0.15) is 24.5 Å². The Morgan fingerprint density at radius 3 is 2.70 bits per heavy atom. The number of benzene rings is 1. The highest BCUT2D eigenvalue weighted by Gasteiger charge is 2.34. The molecule has 1 aromatic rings. The molecule has 0 saturated carbocycles. The van der Waals surface area contributed by atoms with E-state index >= 15 is 0 Å². The fourth-order valence-corrected chi connectivity index (χ4v) is 3.14. The average Bonchev–Trinajstić information content (AvgIpc) is 2.57. The van der Waals surface area contributed by atoms with Gasteiger partial charge in [-0.1, -0.05) is 12.1 Å². The first-order valence-electron chi connectivity index (χ1n) is 7.94. The van der Waals surface area contributed by atoms with Crippen molar-refractivity contribution >= 4 is 11.8 Å². The Morgan fingerprint density at radius 1 is 1.26 bits per heavy atom. The van der Waals surface area contributed by atoms with Gasteiger partial charge in [-0.05, 0) is 24.1 Å². The first kappa shape index (κ1) is 15.9. The SMILES string of the molecule is CN1CC[C@@H](C(=O)N2CCO[C@@H](c3ccc(F)cc3)C2)CC1=O. The molecule has 23 heavy (non-hydrogen) atoms. The quantitative estimate of drug-likeness (QED) is 0.831. The Balaban J connectivity index is 1.65. The zero-order valence-corrected chi connectivity index (χ0v) is 13.2. The van der Waals surface area contributed by atoms with Gasteiger partial charge >= 0.3 is 0 Å². The third-order valence-corrected chi connectivity index (χ3v) is 4.63. The van der Waals surface area contributed by atoms with Crippen LogP contribution in [0.15, 0.2) is 24.3 Å². The van der Waals surface area contributed by atoms with Gasteiger partial charge in [0.15, 0.2) is 0 Å². The third-order valence-electron chi connectivity index (χ3n) is 4.63. The minimum Gasteiger partial charge on any atom is -0.370 e. The molecule has 2 amide bonds. The Morgan fingerprint density at radius 2 is 2.00 bits per heavy atom. The molecular weight excluding hydrogens is 299 g/mol. The van der Waals surface area contributed by atoms with Gasteiger partial charge < -0.3 is 14.5 Å². The minimum atomic E-state index is -0.290. The lowest BCUT2D eigenvalue weighted by Gasteiger charge is -2.37. The molecule has 0 N–H and O–H groups in total. The van der Waals surface area contributed by atoms with Crippen molar-refractivity contribution in [2.24, 2.45) is 5.92 Å². The maximum absolute atomic E-state index is 13.0. The van der Waals surface area contributed by atoms with E-state index in [0.29, 0.717) is 32.7 Å². The molecule has 2 aliphatic rings. The Bertz CT molecular complexity index is 590. The smallest absolute Gasteiger partial charge is 0.226 e. The standard InChI is InChI=1S/C17H21FN2O3/c1-19-7-6-13(10-16(19)21)17(22)20-8-9-23-15(11-20)12-2-4-14(18)5-3-12/h2-5,13,15H,6-11H2,1H3/t13-,15-/m1/s1. The summed E-state index contributed by atoms with van der Waals surface area (Å²) in [6.45, 7) is 2.07. The fraction of sp³-hybridized carbons (Fsp3) is 0.529. The summed E-state index contributed by atoms with van der Waals surface area (Å²) >= 11 is 0. The van der Waals surface area contributed by atoms with E-state index in [1.54, 1.807) is 29.0 Å². The number of morpholine rings is 1. The van der Waals surface area contributed by atoms with Crippen LogP contribution >= 0.6 is 0 Å². The molecule has 0 spiro atoms. The second-order valence-electron chi connectivity index (χ2n) is 6.20. The van der Waals surface area contributed by atoms with Gasteiger partial charge in [0.05, 0.1) is 13.2 Å². The second kappa shape index (κ2) is 6.66. The second-order valence-corrected chi connectivity index (χ2v) is 6.20. The van der Waals surface area contributed by atoms with Gasteiger partial charge in [-0.2, -0.15) is 0 Å². The number of piperidine rings is 1. The molecule has 2 fully saturated rings. The molecule has 0 bridgehead atoms. The van der Waals surface area contributed by atoms with Gasteiger partial charge in [0.2, 0.25) is 11.8 Å². The number of hydrogen-bond donors (Lipinski definition) is 0. The molecule has 0 unspecified atom stereocenters. The van der Waals surface area contributed by atoms with Gasteiger partial charge in [-0.25, -0.2) is 4.39 Å². The van der Waals surface area contributed by atoms with E-state index < -0.39 is 0 Å². The number of halogens is 1. The van der Waals surface area contributed by atoms with Crippen LogP contribution in [0.25, 0.3) is 0 Å². The summed E-state index contributed by atoms with van der Waals surface area (Å²) in [5, 5.41) is 0. The highest BCUT2D eigenvalue weighted by Crippen LogP contribution is 2.26. The van der Waals surface area contributed by atoms with E-state index in [1.807, 2.05) is 0 Å². The zero-order valence-electron chi connectivity index (χ0n) is 13.2. The van der Waals surface area contributed by atoms with Crippen molar-refractivity contribution in [2.75, 3.05) is 33.3 Å². The highest BCUT2D eigenvalue weighted by atomic mass is 19.1. The molecule has 0 radical (unpaired) electrons. The summed E-state index contributed by atoms with van der Waals surface area (Å²) in [6.07, 6.45) is 0.753. The lowest BCUT2D eigenvalue weighted by Crippen LogP contribution is -2.48. The maximum atomic E-state index is 13.0. The van der Waals surface area contributed by atoms with Gasteiger partial charge in [-0.15, -0.1) is 0 Å². The molecule has 6 heteroatoms. The number of carbonyl (C=O) groups is 2. The number of nitrogens with zero attached hydrogens (tertiary/aromatic N) is 2. The third kappa shape index (κ3) is 3.52. The largest absolute Gasteiger partial charge is 0.370 e. The number of ether oxygens (including phenoxy) is 1. The first-order valence-corrected chi connectivity index (χ1v) is 7.94. The van der Waals surface area contributed by atoms with Crippen LogP contribution in [0.2, 0.25) is 0 Å². The number of rotatable bonds is 2. The minimum absolute atomic E-state index is 0.0259. The molecule has 1 aromatic carbocycles. The summed E-state index contributed by atoms with van der Waals surface area (Å²) < 4.78 is 18.7. The van der Waals surface area contributed by atoms with E-state index in [1.165, 1.54) is 12.1 Å². The number of hydrogen-bond acceptors (Lipinski definition) is 3. The van der Waals surface area contributed by atoms with Crippen LogP contribution in [0, 0.1) is 11.7 Å². The van der Waals surface area contributed by atoms with Crippen LogP contribution in [0.5, 0.6) is 0 Å². The van der Waals surface area contributed by atoms with Crippen LogP contribution < -0.4 is 0 Å². The Kier molecular flexibility index (Phi) is 4.61. The molecule has 2 heterocycles. The monoisotopic (exact) mass is 320 g/mol. The van der Waals surface area contributed by atoms with E-state index in [-0.39, 0.29) is 36.1 Å². The molecular formula is C17H21FN2O3. The molecule has 0 aromatic heterocycles. The average molecular weight is 320 g/mol. The van der Waals surface area contributed by atoms with Crippen molar-refractivity contribution in [2.45, 2.75) is 18.9 Å². The fourth-order valence-electron chi connectivity index (χ4n) is 3.14. The van der Waals surface area contributed by atoms with Crippen LogP contribution in [0.4, 0.5) is 4.39 Å². The number of amides is 2. The van der Waals surface area contributed by atoms with Gasteiger partial charge in [0, 0.05) is 32.5 Å². The first-order chi connectivity index (χ1) is 11.0. The number of likely N-dealkylation sites (tertiary alicyclic amines) is 1. The topological polar surface area (TPSA) is 49.9 Å². The van der Waals surface area contributed by atoms with Gasteiger partial charge in [-0.3, -0.25) is 9.59 Å². The maximum Gasteiger partial charge on any atom is 0.226 e. The van der Waals surface area contributed by atoms with Crippen molar-refractivity contribution in [1.82, 2.24) is 9.80 Å². The van der Waals surface area contributed by atoms with Crippen molar-refractivity contribution in [3.05, 3.63) is 35.6 Å². The van der Waals surface area contributed by atoms with Crippen LogP contribution in [-0.2, 0) is 14.3 Å². The summed E-state index contributed by atoms with van der Waals surface area (Å²) in [4.78, 5) is 27.9. The Hall–Kier alpha value is -1.95. The van der Waals surface area contributed by atoms with E-state index in [9.17, 15) is 14.0 Å². The molecule has 2 atom stereocenters. The van der Waals surface area contributed by atoms with Crippen molar-refractivity contribution < 1.29 is 18.7 Å². The van der Waals surface area contributed by atoms with Crippen molar-refractivity contribution in [1.29, 1.82) is 0 Å². The summed E-state index contributed by atoms with van der Waals surface area (Å²) in [5.41, 5.74) is 0.864. The number of carbonyl (C=O) groups excluding carboxylic acids is 2. The van der Waals surface area contributed by atoms with E-state index in [0.717, 1.165) is 5.56 Å². The van der Waals surface area contributed by atoms with Crippen molar-refractivity contribution in [3.8, 4) is 0 Å². The summed E-state index contributed by atoms with van der Waals surface area (Å²) in [6, 6.07) is 6.17. The lowest BCUT2D eigenvalue weighted by atomic mass is 9.94. The predicted octanol–water partition coefficient (Wildman–Crippen LogP) is 1.59.